The van der Waals surface area contributed by atoms with Crippen LogP contribution >= 0.6 is 11.3 Å². The molecule has 1 unspecified atom stereocenters. The number of para-hydroxylation sites is 1. The van der Waals surface area contributed by atoms with Gasteiger partial charge in [-0.2, -0.15) is 0 Å². The van der Waals surface area contributed by atoms with E-state index in [1.807, 2.05) is 30.3 Å². The number of nitrogens with zero attached hydrogens (tertiary/aromatic N) is 1. The predicted octanol–water partition coefficient (Wildman–Crippen LogP) is 3.88. The molecule has 2 aromatic rings. The average molecular weight is 290 g/mol. The SMILES string of the molecule is Cc1nc(C(C)NCCCOc2ccccc2)c(C)s1. The smallest absolute Gasteiger partial charge is 0.119 e. The van der Waals surface area contributed by atoms with Crippen molar-refractivity contribution < 1.29 is 4.74 Å². The van der Waals surface area contributed by atoms with Crippen LogP contribution in [0.4, 0.5) is 0 Å². The topological polar surface area (TPSA) is 34.2 Å². The zero-order valence-corrected chi connectivity index (χ0v) is 13.2. The summed E-state index contributed by atoms with van der Waals surface area (Å²) >= 11 is 1.76. The fraction of sp³-hybridized carbons (Fsp3) is 0.438. The molecule has 0 aliphatic carbocycles. The summed E-state index contributed by atoms with van der Waals surface area (Å²) in [7, 11) is 0. The Bertz CT molecular complexity index is 525. The van der Waals surface area contributed by atoms with Crippen LogP contribution in [0.15, 0.2) is 30.3 Å². The molecule has 0 spiro atoms. The first-order chi connectivity index (χ1) is 9.66. The number of aryl methyl sites for hydroxylation is 2. The monoisotopic (exact) mass is 290 g/mol. The van der Waals surface area contributed by atoms with Crippen LogP contribution in [0.5, 0.6) is 5.75 Å². The van der Waals surface area contributed by atoms with Crippen LogP contribution in [-0.2, 0) is 0 Å². The molecule has 3 nitrogen and oxygen atoms in total. The van der Waals surface area contributed by atoms with E-state index in [0.717, 1.165) is 30.3 Å². The maximum atomic E-state index is 5.67. The summed E-state index contributed by atoms with van der Waals surface area (Å²) in [5.74, 6) is 0.937. The van der Waals surface area contributed by atoms with Crippen LogP contribution in [0.2, 0.25) is 0 Å². The van der Waals surface area contributed by atoms with E-state index in [9.17, 15) is 0 Å². The van der Waals surface area contributed by atoms with E-state index in [-0.39, 0.29) is 0 Å². The average Bonchev–Trinajstić information content (AvgIpc) is 2.78. The molecule has 0 aliphatic heterocycles. The fourth-order valence-corrected chi connectivity index (χ4v) is 3.05. The van der Waals surface area contributed by atoms with E-state index in [4.69, 9.17) is 4.74 Å². The van der Waals surface area contributed by atoms with E-state index < -0.39 is 0 Å². The highest BCUT2D eigenvalue weighted by Gasteiger charge is 2.11. The molecular weight excluding hydrogens is 268 g/mol. The molecule has 0 saturated carbocycles. The highest BCUT2D eigenvalue weighted by Crippen LogP contribution is 2.22. The molecule has 1 N–H and O–H groups in total. The number of rotatable bonds is 7. The van der Waals surface area contributed by atoms with Crippen LogP contribution in [0.1, 0.15) is 35.0 Å². The van der Waals surface area contributed by atoms with Gasteiger partial charge in [-0.15, -0.1) is 11.3 Å². The number of benzene rings is 1. The Labute approximate surface area is 125 Å². The number of ether oxygens (including phenoxy) is 1. The van der Waals surface area contributed by atoms with E-state index in [2.05, 4.69) is 31.1 Å². The maximum Gasteiger partial charge on any atom is 0.119 e. The molecule has 0 bridgehead atoms. The number of nitrogens with one attached hydrogen (secondary N) is 1. The molecule has 2 rings (SSSR count). The summed E-state index contributed by atoms with van der Waals surface area (Å²) in [6.45, 7) is 8.03. The summed E-state index contributed by atoms with van der Waals surface area (Å²) in [5.41, 5.74) is 1.18. The third kappa shape index (κ3) is 4.32. The Balaban J connectivity index is 1.67. The molecule has 1 atom stereocenters. The van der Waals surface area contributed by atoms with Crippen LogP contribution < -0.4 is 10.1 Å². The summed E-state index contributed by atoms with van der Waals surface area (Å²) in [5, 5.41) is 4.64. The van der Waals surface area contributed by atoms with Crippen molar-refractivity contribution in [2.24, 2.45) is 0 Å². The van der Waals surface area contributed by atoms with E-state index in [1.165, 1.54) is 10.6 Å². The van der Waals surface area contributed by atoms with Crippen LogP contribution in [0.25, 0.3) is 0 Å². The minimum absolute atomic E-state index is 0.302. The largest absolute Gasteiger partial charge is 0.494 e. The second-order valence-electron chi connectivity index (χ2n) is 4.87. The lowest BCUT2D eigenvalue weighted by Crippen LogP contribution is -2.22. The molecule has 1 heterocycles. The second-order valence-corrected chi connectivity index (χ2v) is 6.27. The summed E-state index contributed by atoms with van der Waals surface area (Å²) < 4.78 is 5.67. The number of aromatic nitrogens is 1. The summed E-state index contributed by atoms with van der Waals surface area (Å²) in [6, 6.07) is 10.2. The molecule has 20 heavy (non-hydrogen) atoms. The van der Waals surface area contributed by atoms with Crippen molar-refractivity contribution in [1.82, 2.24) is 10.3 Å². The Morgan fingerprint density at radius 2 is 2.00 bits per heavy atom. The first-order valence-corrected chi connectivity index (χ1v) is 7.83. The predicted molar refractivity (Wildman–Crippen MR) is 84.6 cm³/mol. The van der Waals surface area contributed by atoms with Crippen LogP contribution in [0.3, 0.4) is 0 Å². The summed E-state index contributed by atoms with van der Waals surface area (Å²) in [4.78, 5) is 5.89. The van der Waals surface area contributed by atoms with Gasteiger partial charge in [0.2, 0.25) is 0 Å². The number of hydrogen-bond acceptors (Lipinski definition) is 4. The van der Waals surface area contributed by atoms with Crippen molar-refractivity contribution in [2.45, 2.75) is 33.2 Å². The van der Waals surface area contributed by atoms with Crippen molar-refractivity contribution in [3.8, 4) is 5.75 Å². The van der Waals surface area contributed by atoms with Crippen LogP contribution in [0, 0.1) is 13.8 Å². The van der Waals surface area contributed by atoms with Gasteiger partial charge in [-0.1, -0.05) is 18.2 Å². The first kappa shape index (κ1) is 15.0. The quantitative estimate of drug-likeness (QED) is 0.786. The lowest BCUT2D eigenvalue weighted by atomic mass is 10.2. The lowest BCUT2D eigenvalue weighted by Gasteiger charge is -2.13. The van der Waals surface area contributed by atoms with Gasteiger partial charge < -0.3 is 10.1 Å². The zero-order valence-electron chi connectivity index (χ0n) is 12.3. The van der Waals surface area contributed by atoms with E-state index in [1.54, 1.807) is 11.3 Å². The third-order valence-electron chi connectivity index (χ3n) is 3.13. The number of hydrogen-bond donors (Lipinski definition) is 1. The molecule has 0 radical (unpaired) electrons. The van der Waals surface area contributed by atoms with Crippen molar-refractivity contribution >= 4 is 11.3 Å². The molecule has 0 aliphatic rings. The van der Waals surface area contributed by atoms with E-state index >= 15 is 0 Å². The molecule has 108 valence electrons. The van der Waals surface area contributed by atoms with Crippen molar-refractivity contribution in [1.29, 1.82) is 0 Å². The molecule has 4 heteroatoms. The van der Waals surface area contributed by atoms with Gasteiger partial charge in [-0.3, -0.25) is 0 Å². The van der Waals surface area contributed by atoms with Gasteiger partial charge in [0.05, 0.1) is 17.3 Å². The molecule has 1 aromatic heterocycles. The Morgan fingerprint density at radius 1 is 1.25 bits per heavy atom. The van der Waals surface area contributed by atoms with Crippen molar-refractivity contribution in [3.05, 3.63) is 45.9 Å². The second kappa shape index (κ2) is 7.41. The van der Waals surface area contributed by atoms with Gasteiger partial charge in [-0.25, -0.2) is 4.98 Å². The first-order valence-electron chi connectivity index (χ1n) is 7.02. The maximum absolute atomic E-state index is 5.67. The van der Waals surface area contributed by atoms with Crippen molar-refractivity contribution in [3.63, 3.8) is 0 Å². The van der Waals surface area contributed by atoms with Gasteiger partial charge in [0, 0.05) is 10.9 Å². The molecular formula is C16H22N2OS. The highest BCUT2D eigenvalue weighted by atomic mass is 32.1. The van der Waals surface area contributed by atoms with Crippen LogP contribution in [-0.4, -0.2) is 18.1 Å². The highest BCUT2D eigenvalue weighted by molar-refractivity contribution is 7.11. The van der Waals surface area contributed by atoms with Gasteiger partial charge in [0.25, 0.3) is 0 Å². The minimum Gasteiger partial charge on any atom is -0.494 e. The molecule has 0 saturated heterocycles. The third-order valence-corrected chi connectivity index (χ3v) is 4.04. The minimum atomic E-state index is 0.302. The standard InChI is InChI=1S/C16H22N2OS/c1-12(16-13(2)20-14(3)18-16)17-10-7-11-19-15-8-5-4-6-9-15/h4-6,8-9,12,17H,7,10-11H2,1-3H3. The Kier molecular flexibility index (Phi) is 5.56. The van der Waals surface area contributed by atoms with Crippen molar-refractivity contribution in [2.75, 3.05) is 13.2 Å². The normalized spacial score (nSPS) is 12.3. The molecule has 0 fully saturated rings. The summed E-state index contributed by atoms with van der Waals surface area (Å²) in [6.07, 6.45) is 0.988. The lowest BCUT2D eigenvalue weighted by molar-refractivity contribution is 0.305. The molecule has 1 aromatic carbocycles. The number of thiazole rings is 1. The Hall–Kier alpha value is -1.39. The van der Waals surface area contributed by atoms with Gasteiger partial charge >= 0.3 is 0 Å². The fourth-order valence-electron chi connectivity index (χ4n) is 2.14. The zero-order chi connectivity index (χ0) is 14.4. The Morgan fingerprint density at radius 3 is 2.65 bits per heavy atom. The van der Waals surface area contributed by atoms with Gasteiger partial charge in [0.15, 0.2) is 0 Å². The van der Waals surface area contributed by atoms with Gasteiger partial charge in [0.1, 0.15) is 5.75 Å². The van der Waals surface area contributed by atoms with Gasteiger partial charge in [-0.05, 0) is 45.9 Å². The molecule has 0 amide bonds. The van der Waals surface area contributed by atoms with E-state index in [0.29, 0.717) is 6.04 Å².